The lowest BCUT2D eigenvalue weighted by molar-refractivity contribution is 0.0138. The minimum atomic E-state index is -3.28. The van der Waals surface area contributed by atoms with E-state index in [0.717, 1.165) is 58.9 Å². The lowest BCUT2D eigenvalue weighted by Crippen LogP contribution is -2.18. The van der Waals surface area contributed by atoms with Crippen molar-refractivity contribution in [2.45, 2.75) is 32.3 Å². The van der Waals surface area contributed by atoms with Crippen LogP contribution in [-0.4, -0.2) is 18.1 Å². The zero-order valence-corrected chi connectivity index (χ0v) is 19.0. The van der Waals surface area contributed by atoms with Gasteiger partial charge in [0.1, 0.15) is 12.4 Å². The number of thiophene rings is 1. The Morgan fingerprint density at radius 3 is 2.58 bits per heavy atom. The zero-order valence-electron chi connectivity index (χ0n) is 18.2. The second kappa shape index (κ2) is 8.71. The van der Waals surface area contributed by atoms with Crippen LogP contribution in [0.2, 0.25) is 0 Å². The highest BCUT2D eigenvalue weighted by molar-refractivity contribution is 7.18. The third kappa shape index (κ3) is 4.29. The van der Waals surface area contributed by atoms with Gasteiger partial charge < -0.3 is 9.64 Å². The van der Waals surface area contributed by atoms with E-state index in [2.05, 4.69) is 9.88 Å². The second-order valence-electron chi connectivity index (χ2n) is 8.35. The monoisotopic (exact) mass is 468 g/mol. The van der Waals surface area contributed by atoms with E-state index in [0.29, 0.717) is 25.0 Å². The van der Waals surface area contributed by atoms with Crippen molar-refractivity contribution in [2.75, 3.05) is 18.0 Å². The molecule has 5 rings (SSSR count). The van der Waals surface area contributed by atoms with Gasteiger partial charge in [0.25, 0.3) is 5.92 Å². The van der Waals surface area contributed by atoms with Crippen LogP contribution < -0.4 is 9.64 Å². The smallest absolute Gasteiger partial charge is 0.273 e. The van der Waals surface area contributed by atoms with E-state index < -0.39 is 17.3 Å². The summed E-state index contributed by atoms with van der Waals surface area (Å²) >= 11 is 1.53. The summed E-state index contributed by atoms with van der Waals surface area (Å²) in [6, 6.07) is 13.7. The van der Waals surface area contributed by atoms with E-state index in [9.17, 15) is 13.2 Å². The highest BCUT2D eigenvalue weighted by atomic mass is 32.1. The van der Waals surface area contributed by atoms with E-state index in [1.807, 2.05) is 41.9 Å². The normalized spacial score (nSPS) is 14.2. The molecule has 0 bridgehead atoms. The average Bonchev–Trinajstić information content (AvgIpc) is 3.49. The van der Waals surface area contributed by atoms with Crippen LogP contribution in [-0.2, 0) is 12.5 Å². The number of benzene rings is 2. The molecule has 33 heavy (non-hydrogen) atoms. The Labute approximate surface area is 194 Å². The fraction of sp³-hybridized carbons (Fsp3) is 0.269. The molecule has 170 valence electrons. The molecule has 1 fully saturated rings. The predicted molar refractivity (Wildman–Crippen MR) is 127 cm³/mol. The molecule has 0 spiro atoms. The number of nitrogens with zero attached hydrogens (tertiary/aromatic N) is 2. The van der Waals surface area contributed by atoms with Crippen molar-refractivity contribution in [3.8, 4) is 17.0 Å². The average molecular weight is 469 g/mol. The molecule has 1 aliphatic rings. The highest BCUT2D eigenvalue weighted by Crippen LogP contribution is 2.45. The number of hydrogen-bond donors (Lipinski definition) is 0. The van der Waals surface area contributed by atoms with Crippen molar-refractivity contribution in [3.63, 3.8) is 0 Å². The molecule has 0 amide bonds. The zero-order chi connectivity index (χ0) is 23.0. The maximum atomic E-state index is 14.2. The molecule has 0 N–H and O–H groups in total. The maximum Gasteiger partial charge on any atom is 0.273 e. The molecule has 0 unspecified atom stereocenters. The minimum Gasteiger partial charge on any atom is -0.472 e. The molecule has 4 aromatic rings. The van der Waals surface area contributed by atoms with E-state index in [-0.39, 0.29) is 0 Å². The molecule has 0 aliphatic carbocycles. The molecule has 1 saturated heterocycles. The van der Waals surface area contributed by atoms with Crippen LogP contribution in [0.5, 0.6) is 5.88 Å². The fourth-order valence-corrected chi connectivity index (χ4v) is 5.37. The van der Waals surface area contributed by atoms with Crippen molar-refractivity contribution in [1.29, 1.82) is 0 Å². The summed E-state index contributed by atoms with van der Waals surface area (Å²) in [5.41, 5.74) is 2.65. The number of halogens is 3. The summed E-state index contributed by atoms with van der Waals surface area (Å²) in [4.78, 5) is 6.93. The van der Waals surface area contributed by atoms with Gasteiger partial charge >= 0.3 is 0 Å². The summed E-state index contributed by atoms with van der Waals surface area (Å²) < 4.78 is 49.3. The summed E-state index contributed by atoms with van der Waals surface area (Å²) in [6.45, 7) is 2.96. The van der Waals surface area contributed by atoms with Gasteiger partial charge in [0.2, 0.25) is 5.88 Å². The summed E-state index contributed by atoms with van der Waals surface area (Å²) in [5.74, 6) is -3.75. The fourth-order valence-electron chi connectivity index (χ4n) is 4.26. The van der Waals surface area contributed by atoms with Gasteiger partial charge in [-0.05, 0) is 36.1 Å². The first-order chi connectivity index (χ1) is 15.9. The molecule has 3 nitrogen and oxygen atoms in total. The molecule has 0 radical (unpaired) electrons. The second-order valence-corrected chi connectivity index (χ2v) is 9.23. The Morgan fingerprint density at radius 2 is 1.85 bits per heavy atom. The largest absolute Gasteiger partial charge is 0.472 e. The van der Waals surface area contributed by atoms with Gasteiger partial charge in [-0.15, -0.1) is 11.3 Å². The molecule has 0 atom stereocenters. The number of alkyl halides is 2. The third-order valence-electron chi connectivity index (χ3n) is 5.96. The molecule has 0 saturated carbocycles. The molecule has 1 aliphatic heterocycles. The van der Waals surface area contributed by atoms with Gasteiger partial charge in [0.15, 0.2) is 0 Å². The van der Waals surface area contributed by atoms with E-state index in [1.165, 1.54) is 23.5 Å². The van der Waals surface area contributed by atoms with Crippen LogP contribution in [0.4, 0.5) is 18.9 Å². The molecular weight excluding hydrogens is 445 g/mol. The summed E-state index contributed by atoms with van der Waals surface area (Å²) in [5, 5.41) is 2.70. The van der Waals surface area contributed by atoms with Crippen molar-refractivity contribution in [2.24, 2.45) is 0 Å². The first-order valence-corrected chi connectivity index (χ1v) is 11.8. The Morgan fingerprint density at radius 1 is 1.09 bits per heavy atom. The Kier molecular flexibility index (Phi) is 5.74. The van der Waals surface area contributed by atoms with Crippen LogP contribution >= 0.6 is 11.3 Å². The number of ether oxygens (including phenoxy) is 1. The maximum absolute atomic E-state index is 14.2. The van der Waals surface area contributed by atoms with E-state index in [4.69, 9.17) is 4.74 Å². The molecular formula is C26H23F3N2OS. The van der Waals surface area contributed by atoms with Crippen LogP contribution in [0.25, 0.3) is 21.2 Å². The van der Waals surface area contributed by atoms with Gasteiger partial charge in [-0.25, -0.2) is 18.2 Å². The first kappa shape index (κ1) is 21.8. The number of rotatable bonds is 6. The van der Waals surface area contributed by atoms with Crippen LogP contribution in [0, 0.1) is 5.82 Å². The highest BCUT2D eigenvalue weighted by Gasteiger charge is 2.29. The van der Waals surface area contributed by atoms with Gasteiger partial charge in [-0.2, -0.15) is 0 Å². The Bertz CT molecular complexity index is 1280. The van der Waals surface area contributed by atoms with Gasteiger partial charge in [0.05, 0.1) is 27.5 Å². The first-order valence-electron chi connectivity index (χ1n) is 10.9. The van der Waals surface area contributed by atoms with E-state index >= 15 is 0 Å². The van der Waals surface area contributed by atoms with Crippen molar-refractivity contribution < 1.29 is 17.9 Å². The van der Waals surface area contributed by atoms with Gasteiger partial charge in [-0.1, -0.05) is 36.4 Å². The number of fused-ring (bicyclic) bond motifs is 1. The Balaban J connectivity index is 1.63. The molecule has 2 aromatic heterocycles. The Hall–Kier alpha value is -3.06. The number of anilines is 1. The quantitative estimate of drug-likeness (QED) is 0.295. The predicted octanol–water partition coefficient (Wildman–Crippen LogP) is 7.39. The van der Waals surface area contributed by atoms with E-state index in [1.54, 1.807) is 0 Å². The number of aromatic nitrogens is 1. The topological polar surface area (TPSA) is 25.4 Å². The van der Waals surface area contributed by atoms with Crippen LogP contribution in [0.1, 0.15) is 30.9 Å². The summed E-state index contributed by atoms with van der Waals surface area (Å²) in [6.07, 6.45) is 4.09. The third-order valence-corrected chi connectivity index (χ3v) is 6.96. The number of pyridine rings is 1. The standard InChI is InChI=1S/C26H23F3N2OS/c1-26(28,29)20-13-18(9-10-21(20)27)19-16-33-24-22(31-11-5-6-12-31)14-30-25(23(19)24)32-15-17-7-3-2-4-8-17/h2-4,7-10,13-14,16H,5-6,11-12,15H2,1H3. The van der Waals surface area contributed by atoms with Crippen molar-refractivity contribution >= 4 is 27.1 Å². The summed E-state index contributed by atoms with van der Waals surface area (Å²) in [7, 11) is 0. The van der Waals surface area contributed by atoms with Crippen molar-refractivity contribution in [1.82, 2.24) is 4.98 Å². The van der Waals surface area contributed by atoms with Crippen molar-refractivity contribution in [3.05, 3.63) is 77.1 Å². The van der Waals surface area contributed by atoms with Gasteiger partial charge in [0, 0.05) is 31.0 Å². The lowest BCUT2D eigenvalue weighted by Gasteiger charge is -2.19. The lowest BCUT2D eigenvalue weighted by atomic mass is 10.00. The molecule has 2 aromatic carbocycles. The molecule has 3 heterocycles. The molecule has 7 heteroatoms. The number of hydrogen-bond acceptors (Lipinski definition) is 4. The van der Waals surface area contributed by atoms with Gasteiger partial charge in [-0.3, -0.25) is 0 Å². The SMILES string of the molecule is CC(F)(F)c1cc(-c2csc3c(N4CCCC4)cnc(OCc4ccccc4)c23)ccc1F. The van der Waals surface area contributed by atoms with Crippen LogP contribution in [0.15, 0.2) is 60.1 Å². The minimum absolute atomic E-state index is 0.336. The van der Waals surface area contributed by atoms with Crippen LogP contribution in [0.3, 0.4) is 0 Å².